The number of halogens is 2. The predicted octanol–water partition coefficient (Wildman–Crippen LogP) is 5.59. The Morgan fingerprint density at radius 1 is 1.06 bits per heavy atom. The second kappa shape index (κ2) is 10.7. The zero-order chi connectivity index (χ0) is 24.2. The van der Waals surface area contributed by atoms with E-state index >= 15 is 0 Å². The van der Waals surface area contributed by atoms with Crippen molar-refractivity contribution in [3.63, 3.8) is 0 Å². The molecule has 2 fully saturated rings. The normalized spacial score (nSPS) is 18.3. The molecule has 1 saturated heterocycles. The van der Waals surface area contributed by atoms with E-state index < -0.39 is 17.8 Å². The molecule has 1 aliphatic carbocycles. The maximum Gasteiger partial charge on any atom is 0.331 e. The summed E-state index contributed by atoms with van der Waals surface area (Å²) >= 11 is 6.93. The van der Waals surface area contributed by atoms with Crippen molar-refractivity contribution in [1.29, 1.82) is 0 Å². The van der Waals surface area contributed by atoms with Crippen LogP contribution in [0.25, 0.3) is 6.08 Å². The van der Waals surface area contributed by atoms with Crippen molar-refractivity contribution in [3.05, 3.63) is 62.0 Å². The second-order valence-electron chi connectivity index (χ2n) is 8.23. The second-order valence-corrected chi connectivity index (χ2v) is 10.0. The van der Waals surface area contributed by atoms with Crippen LogP contribution in [-0.4, -0.2) is 35.9 Å². The zero-order valence-electron chi connectivity index (χ0n) is 18.6. The fourth-order valence-corrected chi connectivity index (χ4v) is 5.05. The van der Waals surface area contributed by atoms with Gasteiger partial charge in [-0.25, -0.2) is 4.79 Å². The fraction of sp³-hybridized carbons (Fsp3) is 0.320. The van der Waals surface area contributed by atoms with Gasteiger partial charge in [-0.1, -0.05) is 47.3 Å². The van der Waals surface area contributed by atoms with Gasteiger partial charge in [0.05, 0.1) is 11.6 Å². The number of carbonyl (C=O) groups is 3. The van der Waals surface area contributed by atoms with E-state index in [1.165, 1.54) is 18.1 Å². The van der Waals surface area contributed by atoms with Crippen LogP contribution in [0.1, 0.15) is 43.2 Å². The first kappa shape index (κ1) is 24.5. The molecule has 0 atom stereocenters. The summed E-state index contributed by atoms with van der Waals surface area (Å²) in [5.74, 6) is -0.313. The molecule has 1 heterocycles. The maximum absolute atomic E-state index is 13.1. The Kier molecular flexibility index (Phi) is 7.73. The Bertz CT molecular complexity index is 1140. The van der Waals surface area contributed by atoms with Gasteiger partial charge in [-0.3, -0.25) is 19.8 Å². The summed E-state index contributed by atoms with van der Waals surface area (Å²) in [6.45, 7) is 0.335. The third-order valence-electron chi connectivity index (χ3n) is 5.93. The molecule has 0 bridgehead atoms. The number of carbonyl (C=O) groups excluding carboxylic acids is 3. The Morgan fingerprint density at radius 2 is 1.76 bits per heavy atom. The number of imide groups is 2. The fourth-order valence-electron chi connectivity index (χ4n) is 4.21. The van der Waals surface area contributed by atoms with Gasteiger partial charge < -0.3 is 9.47 Å². The summed E-state index contributed by atoms with van der Waals surface area (Å²) in [6, 6.07) is 10.4. The van der Waals surface area contributed by atoms with E-state index in [1.54, 1.807) is 12.1 Å². The van der Waals surface area contributed by atoms with Gasteiger partial charge >= 0.3 is 6.03 Å². The summed E-state index contributed by atoms with van der Waals surface area (Å²) in [5, 5.41) is 2.31. The summed E-state index contributed by atoms with van der Waals surface area (Å²) in [4.78, 5) is 39.3. The molecular formula is C25H24Br2N2O5. The summed E-state index contributed by atoms with van der Waals surface area (Å²) in [7, 11) is 1.52. The third kappa shape index (κ3) is 5.36. The lowest BCUT2D eigenvalue weighted by molar-refractivity contribution is -0.132. The van der Waals surface area contributed by atoms with Crippen LogP contribution in [0, 0.1) is 0 Å². The van der Waals surface area contributed by atoms with Gasteiger partial charge in [-0.05, 0) is 70.2 Å². The molecule has 9 heteroatoms. The van der Waals surface area contributed by atoms with Crippen LogP contribution in [0.15, 0.2) is 50.9 Å². The van der Waals surface area contributed by atoms with E-state index in [-0.39, 0.29) is 11.6 Å². The highest BCUT2D eigenvalue weighted by Crippen LogP contribution is 2.38. The van der Waals surface area contributed by atoms with Crippen molar-refractivity contribution in [2.45, 2.75) is 44.8 Å². The minimum Gasteiger partial charge on any atom is -0.493 e. The summed E-state index contributed by atoms with van der Waals surface area (Å²) in [5.41, 5.74) is 1.47. The van der Waals surface area contributed by atoms with Crippen LogP contribution in [0.3, 0.4) is 0 Å². The number of ether oxygens (including phenoxy) is 2. The largest absolute Gasteiger partial charge is 0.493 e. The standard InChI is InChI=1S/C25H24Br2N2O5/c1-33-21-13-16(12-20(27)22(21)34-14-15-7-9-17(26)10-8-15)11-19-23(30)28-25(32)29(24(19)31)18-5-3-2-4-6-18/h7-13,18H,2-6,14H2,1H3,(H,28,30,32). The molecule has 0 aromatic heterocycles. The Labute approximate surface area is 214 Å². The molecule has 178 valence electrons. The topological polar surface area (TPSA) is 84.9 Å². The lowest BCUT2D eigenvalue weighted by Gasteiger charge is -2.35. The molecule has 2 aromatic carbocycles. The average Bonchev–Trinajstić information content (AvgIpc) is 2.82. The molecular weight excluding hydrogens is 568 g/mol. The van der Waals surface area contributed by atoms with Gasteiger partial charge in [0, 0.05) is 10.5 Å². The van der Waals surface area contributed by atoms with E-state index in [0.29, 0.717) is 28.1 Å². The first-order chi connectivity index (χ1) is 16.4. The number of benzene rings is 2. The molecule has 1 N–H and O–H groups in total. The van der Waals surface area contributed by atoms with Crippen molar-refractivity contribution < 1.29 is 23.9 Å². The molecule has 4 amide bonds. The number of urea groups is 1. The molecule has 0 spiro atoms. The summed E-state index contributed by atoms with van der Waals surface area (Å²) < 4.78 is 13.1. The first-order valence-corrected chi connectivity index (χ1v) is 12.6. The van der Waals surface area contributed by atoms with E-state index in [1.807, 2.05) is 24.3 Å². The molecule has 2 aromatic rings. The van der Waals surface area contributed by atoms with Crippen LogP contribution < -0.4 is 14.8 Å². The van der Waals surface area contributed by atoms with Gasteiger partial charge in [-0.15, -0.1) is 0 Å². The molecule has 7 nitrogen and oxygen atoms in total. The van der Waals surface area contributed by atoms with E-state index in [4.69, 9.17) is 9.47 Å². The van der Waals surface area contributed by atoms with Gasteiger partial charge in [0.15, 0.2) is 11.5 Å². The lowest BCUT2D eigenvalue weighted by atomic mass is 9.93. The van der Waals surface area contributed by atoms with Crippen molar-refractivity contribution in [2.75, 3.05) is 7.11 Å². The highest BCUT2D eigenvalue weighted by Gasteiger charge is 2.40. The van der Waals surface area contributed by atoms with E-state index in [0.717, 1.165) is 42.1 Å². The Hall–Kier alpha value is -2.65. The number of hydrogen-bond donors (Lipinski definition) is 1. The first-order valence-electron chi connectivity index (χ1n) is 11.0. The predicted molar refractivity (Wildman–Crippen MR) is 134 cm³/mol. The number of rotatable bonds is 6. The lowest BCUT2D eigenvalue weighted by Crippen LogP contribution is -2.58. The zero-order valence-corrected chi connectivity index (χ0v) is 21.8. The molecule has 0 unspecified atom stereocenters. The number of nitrogens with one attached hydrogen (secondary N) is 1. The van der Waals surface area contributed by atoms with Gasteiger partial charge in [-0.2, -0.15) is 0 Å². The SMILES string of the molecule is COc1cc(C=C2C(=O)NC(=O)N(C3CCCCC3)C2=O)cc(Br)c1OCc1ccc(Br)cc1. The average molecular weight is 592 g/mol. The minimum atomic E-state index is -0.701. The molecule has 4 rings (SSSR count). The molecule has 0 radical (unpaired) electrons. The number of methoxy groups -OCH3 is 1. The number of nitrogens with zero attached hydrogens (tertiary/aromatic N) is 1. The van der Waals surface area contributed by atoms with Crippen molar-refractivity contribution in [3.8, 4) is 11.5 Å². The Morgan fingerprint density at radius 3 is 2.44 bits per heavy atom. The smallest absolute Gasteiger partial charge is 0.331 e. The quantitative estimate of drug-likeness (QED) is 0.349. The van der Waals surface area contributed by atoms with Crippen LogP contribution in [-0.2, 0) is 16.2 Å². The highest BCUT2D eigenvalue weighted by molar-refractivity contribution is 9.10. The van der Waals surface area contributed by atoms with Gasteiger partial charge in [0.25, 0.3) is 11.8 Å². The van der Waals surface area contributed by atoms with Crippen LogP contribution in [0.4, 0.5) is 4.79 Å². The van der Waals surface area contributed by atoms with Crippen molar-refractivity contribution in [2.24, 2.45) is 0 Å². The highest BCUT2D eigenvalue weighted by atomic mass is 79.9. The number of amides is 4. The third-order valence-corrected chi connectivity index (χ3v) is 7.05. The van der Waals surface area contributed by atoms with Gasteiger partial charge in [0.1, 0.15) is 12.2 Å². The van der Waals surface area contributed by atoms with E-state index in [2.05, 4.69) is 37.2 Å². The van der Waals surface area contributed by atoms with Crippen molar-refractivity contribution >= 4 is 55.8 Å². The minimum absolute atomic E-state index is 0.0809. The van der Waals surface area contributed by atoms with E-state index in [9.17, 15) is 14.4 Å². The molecule has 34 heavy (non-hydrogen) atoms. The number of hydrogen-bond acceptors (Lipinski definition) is 5. The monoisotopic (exact) mass is 590 g/mol. The maximum atomic E-state index is 13.1. The molecule has 2 aliphatic rings. The number of barbiturate groups is 1. The molecule has 1 aliphatic heterocycles. The molecule has 1 saturated carbocycles. The van der Waals surface area contributed by atoms with Crippen LogP contribution in [0.2, 0.25) is 0 Å². The van der Waals surface area contributed by atoms with Crippen LogP contribution >= 0.6 is 31.9 Å². The summed E-state index contributed by atoms with van der Waals surface area (Å²) in [6.07, 6.45) is 5.99. The van der Waals surface area contributed by atoms with Crippen LogP contribution in [0.5, 0.6) is 11.5 Å². The Balaban J connectivity index is 1.59. The van der Waals surface area contributed by atoms with Gasteiger partial charge in [0.2, 0.25) is 0 Å². The van der Waals surface area contributed by atoms with Crippen molar-refractivity contribution in [1.82, 2.24) is 10.2 Å².